The van der Waals surface area contributed by atoms with Crippen molar-refractivity contribution in [2.45, 2.75) is 9.92 Å². The van der Waals surface area contributed by atoms with Gasteiger partial charge in [0.05, 0.1) is 12.4 Å². The fraction of sp³-hybridized carbons (Fsp3) is 0. The van der Waals surface area contributed by atoms with Crippen LogP contribution < -0.4 is 11.3 Å². The first kappa shape index (κ1) is 11.4. The van der Waals surface area contributed by atoms with Crippen LogP contribution in [-0.2, 0) is 0 Å². The Morgan fingerprint density at radius 2 is 2.19 bits per heavy atom. The van der Waals surface area contributed by atoms with Crippen molar-refractivity contribution in [3.63, 3.8) is 0 Å². The molecule has 0 saturated carbocycles. The summed E-state index contributed by atoms with van der Waals surface area (Å²) in [7, 11) is 0. The maximum absolute atomic E-state index is 5.27. The summed E-state index contributed by atoms with van der Waals surface area (Å²) in [5.41, 5.74) is 2.47. The number of hydrogen-bond acceptors (Lipinski definition) is 5. The highest BCUT2D eigenvalue weighted by Crippen LogP contribution is 2.27. The number of aromatic nitrogens is 2. The van der Waals surface area contributed by atoms with E-state index in [1.165, 1.54) is 11.8 Å². The molecule has 2 rings (SSSR count). The van der Waals surface area contributed by atoms with Gasteiger partial charge in [0.15, 0.2) is 5.82 Å². The standard InChI is InChI=1S/C10H9BrN4S/c11-7-2-1-3-8(4-7)16-10-6-13-5-9(14-10)15-12/h1-6H,12H2,(H,14,15). The van der Waals surface area contributed by atoms with Gasteiger partial charge in [0.25, 0.3) is 0 Å². The number of nitrogen functional groups attached to an aromatic ring is 1. The lowest BCUT2D eigenvalue weighted by Crippen LogP contribution is -2.08. The van der Waals surface area contributed by atoms with Crippen molar-refractivity contribution in [2.24, 2.45) is 5.84 Å². The van der Waals surface area contributed by atoms with E-state index in [1.54, 1.807) is 12.4 Å². The SMILES string of the molecule is NNc1cncc(Sc2cccc(Br)c2)n1. The van der Waals surface area contributed by atoms with Crippen LogP contribution in [0, 0.1) is 0 Å². The molecule has 0 spiro atoms. The summed E-state index contributed by atoms with van der Waals surface area (Å²) in [6, 6.07) is 7.99. The lowest BCUT2D eigenvalue weighted by molar-refractivity contribution is 1.04. The molecule has 82 valence electrons. The molecule has 0 atom stereocenters. The van der Waals surface area contributed by atoms with Gasteiger partial charge in [-0.2, -0.15) is 0 Å². The number of anilines is 1. The fourth-order valence-corrected chi connectivity index (χ4v) is 2.50. The third-order valence-corrected chi connectivity index (χ3v) is 3.17. The number of nitrogens with one attached hydrogen (secondary N) is 1. The molecule has 0 radical (unpaired) electrons. The molecule has 2 aromatic rings. The molecule has 0 aliphatic heterocycles. The first-order valence-electron chi connectivity index (χ1n) is 4.50. The Balaban J connectivity index is 2.20. The van der Waals surface area contributed by atoms with Gasteiger partial charge in [-0.1, -0.05) is 33.8 Å². The Morgan fingerprint density at radius 1 is 1.31 bits per heavy atom. The van der Waals surface area contributed by atoms with Crippen molar-refractivity contribution in [1.29, 1.82) is 0 Å². The zero-order valence-electron chi connectivity index (χ0n) is 8.22. The van der Waals surface area contributed by atoms with Gasteiger partial charge < -0.3 is 5.43 Å². The molecule has 0 aliphatic rings. The molecule has 1 heterocycles. The van der Waals surface area contributed by atoms with E-state index in [-0.39, 0.29) is 0 Å². The molecule has 0 unspecified atom stereocenters. The Bertz CT molecular complexity index is 492. The third kappa shape index (κ3) is 2.94. The summed E-state index contributed by atoms with van der Waals surface area (Å²) in [5, 5.41) is 0.800. The maximum atomic E-state index is 5.27. The van der Waals surface area contributed by atoms with E-state index in [1.807, 2.05) is 24.3 Å². The highest BCUT2D eigenvalue weighted by Gasteiger charge is 2.01. The number of benzene rings is 1. The van der Waals surface area contributed by atoms with Crippen LogP contribution in [0.25, 0.3) is 0 Å². The quantitative estimate of drug-likeness (QED) is 0.673. The second kappa shape index (κ2) is 5.29. The summed E-state index contributed by atoms with van der Waals surface area (Å²) in [6.45, 7) is 0. The zero-order valence-corrected chi connectivity index (χ0v) is 10.6. The molecule has 3 N–H and O–H groups in total. The molecule has 0 bridgehead atoms. The van der Waals surface area contributed by atoms with Crippen LogP contribution in [0.1, 0.15) is 0 Å². The number of hydrogen-bond donors (Lipinski definition) is 2. The van der Waals surface area contributed by atoms with Crippen molar-refractivity contribution in [2.75, 3.05) is 5.43 Å². The van der Waals surface area contributed by atoms with Gasteiger partial charge in [0, 0.05) is 9.37 Å². The molecule has 1 aromatic carbocycles. The van der Waals surface area contributed by atoms with Crippen LogP contribution in [0.4, 0.5) is 5.82 Å². The Hall–Kier alpha value is -1.11. The van der Waals surface area contributed by atoms with Crippen molar-refractivity contribution < 1.29 is 0 Å². The predicted molar refractivity (Wildman–Crippen MR) is 68.1 cm³/mol. The molecule has 0 saturated heterocycles. The van der Waals surface area contributed by atoms with E-state index in [0.717, 1.165) is 14.4 Å². The summed E-state index contributed by atoms with van der Waals surface area (Å²) >= 11 is 4.95. The largest absolute Gasteiger partial charge is 0.307 e. The molecule has 6 heteroatoms. The topological polar surface area (TPSA) is 63.8 Å². The summed E-state index contributed by atoms with van der Waals surface area (Å²) < 4.78 is 1.04. The number of halogens is 1. The summed E-state index contributed by atoms with van der Waals surface area (Å²) in [6.07, 6.45) is 3.28. The number of nitrogens with zero attached hydrogens (tertiary/aromatic N) is 2. The molecule has 0 aliphatic carbocycles. The summed E-state index contributed by atoms with van der Waals surface area (Å²) in [5.74, 6) is 5.82. The van der Waals surface area contributed by atoms with Crippen LogP contribution >= 0.6 is 27.7 Å². The van der Waals surface area contributed by atoms with E-state index in [0.29, 0.717) is 5.82 Å². The van der Waals surface area contributed by atoms with Gasteiger partial charge in [0.1, 0.15) is 5.03 Å². The molecule has 0 amide bonds. The first-order chi connectivity index (χ1) is 7.78. The van der Waals surface area contributed by atoms with Gasteiger partial charge in [-0.25, -0.2) is 10.8 Å². The van der Waals surface area contributed by atoms with E-state index >= 15 is 0 Å². The van der Waals surface area contributed by atoms with Crippen molar-refractivity contribution in [3.8, 4) is 0 Å². The molecular formula is C10H9BrN4S. The van der Waals surface area contributed by atoms with Gasteiger partial charge in [0.2, 0.25) is 0 Å². The highest BCUT2D eigenvalue weighted by molar-refractivity contribution is 9.10. The fourth-order valence-electron chi connectivity index (χ4n) is 1.12. The van der Waals surface area contributed by atoms with Crippen LogP contribution in [0.15, 0.2) is 51.1 Å². The van der Waals surface area contributed by atoms with E-state index in [2.05, 4.69) is 31.3 Å². The Kier molecular flexibility index (Phi) is 3.76. The number of rotatable bonds is 3. The second-order valence-electron chi connectivity index (χ2n) is 2.95. The van der Waals surface area contributed by atoms with Gasteiger partial charge in [-0.15, -0.1) is 0 Å². The minimum Gasteiger partial charge on any atom is -0.307 e. The summed E-state index contributed by atoms with van der Waals surface area (Å²) in [4.78, 5) is 9.40. The smallest absolute Gasteiger partial charge is 0.159 e. The maximum Gasteiger partial charge on any atom is 0.159 e. The normalized spacial score (nSPS) is 10.1. The molecule has 4 nitrogen and oxygen atoms in total. The lowest BCUT2D eigenvalue weighted by atomic mass is 10.4. The van der Waals surface area contributed by atoms with Crippen LogP contribution in [0.2, 0.25) is 0 Å². The first-order valence-corrected chi connectivity index (χ1v) is 6.11. The number of nitrogens with two attached hydrogens (primary N) is 1. The van der Waals surface area contributed by atoms with Crippen molar-refractivity contribution in [1.82, 2.24) is 9.97 Å². The predicted octanol–water partition coefficient (Wildman–Crippen LogP) is 2.68. The molecule has 16 heavy (non-hydrogen) atoms. The van der Waals surface area contributed by atoms with E-state index < -0.39 is 0 Å². The second-order valence-corrected chi connectivity index (χ2v) is 4.96. The van der Waals surface area contributed by atoms with Crippen LogP contribution in [0.5, 0.6) is 0 Å². The van der Waals surface area contributed by atoms with Crippen LogP contribution in [-0.4, -0.2) is 9.97 Å². The van der Waals surface area contributed by atoms with Crippen LogP contribution in [0.3, 0.4) is 0 Å². The van der Waals surface area contributed by atoms with Gasteiger partial charge in [-0.05, 0) is 18.2 Å². The highest BCUT2D eigenvalue weighted by atomic mass is 79.9. The van der Waals surface area contributed by atoms with E-state index in [9.17, 15) is 0 Å². The average Bonchev–Trinajstić information content (AvgIpc) is 2.29. The third-order valence-electron chi connectivity index (χ3n) is 1.78. The minimum absolute atomic E-state index is 0.556. The lowest BCUT2D eigenvalue weighted by Gasteiger charge is -2.03. The minimum atomic E-state index is 0.556. The Labute approximate surface area is 106 Å². The monoisotopic (exact) mass is 296 g/mol. The molecular weight excluding hydrogens is 288 g/mol. The van der Waals surface area contributed by atoms with Crippen molar-refractivity contribution in [3.05, 3.63) is 41.1 Å². The molecule has 0 fully saturated rings. The average molecular weight is 297 g/mol. The molecule has 1 aromatic heterocycles. The van der Waals surface area contributed by atoms with Crippen molar-refractivity contribution >= 4 is 33.5 Å². The zero-order chi connectivity index (χ0) is 11.4. The van der Waals surface area contributed by atoms with Gasteiger partial charge >= 0.3 is 0 Å². The Morgan fingerprint density at radius 3 is 2.94 bits per heavy atom. The number of hydrazine groups is 1. The van der Waals surface area contributed by atoms with E-state index in [4.69, 9.17) is 5.84 Å². The van der Waals surface area contributed by atoms with Gasteiger partial charge in [-0.3, -0.25) is 4.98 Å².